The molecule has 1 N–H and O–H groups in total. The predicted octanol–water partition coefficient (Wildman–Crippen LogP) is 1.69. The molecule has 1 aromatic carbocycles. The number of rotatable bonds is 7. The number of hydrogen-bond donors (Lipinski definition) is 1. The number of halogens is 1. The van der Waals surface area contributed by atoms with E-state index in [1.54, 1.807) is 0 Å². The van der Waals surface area contributed by atoms with E-state index >= 15 is 0 Å². The maximum atomic E-state index is 12.8. The van der Waals surface area contributed by atoms with Gasteiger partial charge in [-0.15, -0.1) is 0 Å². The summed E-state index contributed by atoms with van der Waals surface area (Å²) < 4.78 is 22.2. The summed E-state index contributed by atoms with van der Waals surface area (Å²) >= 11 is 0. The lowest BCUT2D eigenvalue weighted by Gasteiger charge is -2.18. The molecular formula is C16H20FNO5. The van der Waals surface area contributed by atoms with Crippen molar-refractivity contribution in [2.45, 2.75) is 26.3 Å². The molecule has 0 saturated heterocycles. The zero-order valence-electron chi connectivity index (χ0n) is 13.3. The van der Waals surface area contributed by atoms with E-state index in [9.17, 15) is 18.8 Å². The van der Waals surface area contributed by atoms with Crippen molar-refractivity contribution < 1.29 is 28.2 Å². The van der Waals surface area contributed by atoms with Crippen molar-refractivity contribution in [2.24, 2.45) is 5.92 Å². The maximum Gasteiger partial charge on any atom is 0.338 e. The van der Waals surface area contributed by atoms with Gasteiger partial charge >= 0.3 is 11.9 Å². The average Bonchev–Trinajstić information content (AvgIpc) is 2.51. The van der Waals surface area contributed by atoms with E-state index in [0.717, 1.165) is 12.1 Å². The van der Waals surface area contributed by atoms with Gasteiger partial charge in [0.15, 0.2) is 6.61 Å². The Bertz CT molecular complexity index is 556. The molecule has 7 heteroatoms. The van der Waals surface area contributed by atoms with Crippen molar-refractivity contribution in [1.29, 1.82) is 0 Å². The Labute approximate surface area is 134 Å². The smallest absolute Gasteiger partial charge is 0.338 e. The third-order valence-corrected chi connectivity index (χ3v) is 2.94. The Hall–Kier alpha value is -2.44. The minimum Gasteiger partial charge on any atom is -0.467 e. The lowest BCUT2D eigenvalue weighted by Crippen LogP contribution is -2.44. The van der Waals surface area contributed by atoms with Crippen LogP contribution in [0, 0.1) is 11.7 Å². The fraction of sp³-hybridized carbons (Fsp3) is 0.438. The first kappa shape index (κ1) is 18.6. The van der Waals surface area contributed by atoms with Gasteiger partial charge in [-0.05, 0) is 36.6 Å². The van der Waals surface area contributed by atoms with E-state index < -0.39 is 36.3 Å². The van der Waals surface area contributed by atoms with Gasteiger partial charge in [0.2, 0.25) is 0 Å². The van der Waals surface area contributed by atoms with Crippen LogP contribution in [0.25, 0.3) is 0 Å². The second kappa shape index (κ2) is 8.87. The lowest BCUT2D eigenvalue weighted by molar-refractivity contribution is -0.145. The van der Waals surface area contributed by atoms with Gasteiger partial charge in [0, 0.05) is 0 Å². The summed E-state index contributed by atoms with van der Waals surface area (Å²) in [5.74, 6) is -2.23. The number of ether oxygens (including phenoxy) is 2. The zero-order chi connectivity index (χ0) is 17.4. The fourth-order valence-electron chi connectivity index (χ4n) is 1.86. The van der Waals surface area contributed by atoms with Crippen LogP contribution >= 0.6 is 0 Å². The standard InChI is InChI=1S/C16H20FNO5/c1-10(2)8-13(16(21)22-3)18-14(19)9-23-15(20)11-4-6-12(17)7-5-11/h4-7,10,13H,8-9H2,1-3H3,(H,18,19)/t13-/m1/s1. The van der Waals surface area contributed by atoms with Crippen LogP contribution in [0.1, 0.15) is 30.6 Å². The predicted molar refractivity (Wildman–Crippen MR) is 80.1 cm³/mol. The molecule has 0 bridgehead atoms. The molecule has 0 radical (unpaired) electrons. The molecule has 0 fully saturated rings. The fourth-order valence-corrected chi connectivity index (χ4v) is 1.86. The summed E-state index contributed by atoms with van der Waals surface area (Å²) in [6.07, 6.45) is 0.407. The summed E-state index contributed by atoms with van der Waals surface area (Å²) in [6, 6.07) is 3.95. The highest BCUT2D eigenvalue weighted by Gasteiger charge is 2.23. The highest BCUT2D eigenvalue weighted by Crippen LogP contribution is 2.07. The second-order valence-corrected chi connectivity index (χ2v) is 5.36. The Morgan fingerprint density at radius 3 is 2.30 bits per heavy atom. The van der Waals surface area contributed by atoms with Crippen molar-refractivity contribution >= 4 is 17.8 Å². The SMILES string of the molecule is COC(=O)[C@@H](CC(C)C)NC(=O)COC(=O)c1ccc(F)cc1. The normalized spacial score (nSPS) is 11.7. The quantitative estimate of drug-likeness (QED) is 0.772. The van der Waals surface area contributed by atoms with Gasteiger partial charge in [0.25, 0.3) is 5.91 Å². The molecule has 0 aromatic heterocycles. The molecule has 0 spiro atoms. The summed E-state index contributed by atoms with van der Waals surface area (Å²) in [5, 5.41) is 2.46. The van der Waals surface area contributed by atoms with E-state index in [-0.39, 0.29) is 11.5 Å². The summed E-state index contributed by atoms with van der Waals surface area (Å²) in [6.45, 7) is 3.26. The van der Waals surface area contributed by atoms with Crippen LogP contribution in [0.15, 0.2) is 24.3 Å². The second-order valence-electron chi connectivity index (χ2n) is 5.36. The Morgan fingerprint density at radius 2 is 1.78 bits per heavy atom. The Kier molecular flexibility index (Phi) is 7.18. The van der Waals surface area contributed by atoms with Gasteiger partial charge in [-0.3, -0.25) is 4.79 Å². The molecule has 1 atom stereocenters. The number of benzene rings is 1. The number of hydrogen-bond acceptors (Lipinski definition) is 5. The van der Waals surface area contributed by atoms with Gasteiger partial charge in [-0.1, -0.05) is 13.8 Å². The van der Waals surface area contributed by atoms with E-state index in [0.29, 0.717) is 6.42 Å². The van der Waals surface area contributed by atoms with Crippen molar-refractivity contribution in [3.8, 4) is 0 Å². The van der Waals surface area contributed by atoms with E-state index in [1.807, 2.05) is 13.8 Å². The van der Waals surface area contributed by atoms with Crippen molar-refractivity contribution in [2.75, 3.05) is 13.7 Å². The van der Waals surface area contributed by atoms with E-state index in [1.165, 1.54) is 19.2 Å². The van der Waals surface area contributed by atoms with Crippen LogP contribution in [0.5, 0.6) is 0 Å². The molecule has 0 saturated carbocycles. The third-order valence-electron chi connectivity index (χ3n) is 2.94. The molecule has 23 heavy (non-hydrogen) atoms. The average molecular weight is 325 g/mol. The van der Waals surface area contributed by atoms with Crippen LogP contribution in [-0.4, -0.2) is 37.6 Å². The number of esters is 2. The van der Waals surface area contributed by atoms with Crippen LogP contribution in [0.4, 0.5) is 4.39 Å². The summed E-state index contributed by atoms with van der Waals surface area (Å²) in [7, 11) is 1.23. The number of amides is 1. The molecule has 0 aliphatic carbocycles. The number of nitrogens with one attached hydrogen (secondary N) is 1. The van der Waals surface area contributed by atoms with Gasteiger partial charge < -0.3 is 14.8 Å². The van der Waals surface area contributed by atoms with Crippen LogP contribution in [0.3, 0.4) is 0 Å². The molecule has 1 aromatic rings. The Morgan fingerprint density at radius 1 is 1.17 bits per heavy atom. The lowest BCUT2D eigenvalue weighted by atomic mass is 10.0. The highest BCUT2D eigenvalue weighted by molar-refractivity contribution is 5.92. The molecule has 1 amide bonds. The first-order valence-electron chi connectivity index (χ1n) is 7.13. The van der Waals surface area contributed by atoms with Gasteiger partial charge in [0.1, 0.15) is 11.9 Å². The number of methoxy groups -OCH3 is 1. The van der Waals surface area contributed by atoms with Crippen LogP contribution < -0.4 is 5.32 Å². The van der Waals surface area contributed by atoms with Gasteiger partial charge in [-0.2, -0.15) is 0 Å². The largest absolute Gasteiger partial charge is 0.467 e. The Balaban J connectivity index is 2.52. The monoisotopic (exact) mass is 325 g/mol. The first-order valence-corrected chi connectivity index (χ1v) is 7.13. The molecule has 6 nitrogen and oxygen atoms in total. The molecular weight excluding hydrogens is 305 g/mol. The van der Waals surface area contributed by atoms with Crippen molar-refractivity contribution in [3.05, 3.63) is 35.6 Å². The number of carbonyl (C=O) groups is 3. The van der Waals surface area contributed by atoms with Crippen LogP contribution in [0.2, 0.25) is 0 Å². The topological polar surface area (TPSA) is 81.7 Å². The van der Waals surface area contributed by atoms with Crippen molar-refractivity contribution in [1.82, 2.24) is 5.32 Å². The van der Waals surface area contributed by atoms with Gasteiger partial charge in [-0.25, -0.2) is 14.0 Å². The molecule has 126 valence electrons. The van der Waals surface area contributed by atoms with E-state index in [2.05, 4.69) is 10.1 Å². The maximum absolute atomic E-state index is 12.8. The molecule has 0 unspecified atom stereocenters. The zero-order valence-corrected chi connectivity index (χ0v) is 13.3. The number of carbonyl (C=O) groups excluding carboxylic acids is 3. The minimum atomic E-state index is -0.794. The van der Waals surface area contributed by atoms with Crippen LogP contribution in [-0.2, 0) is 19.1 Å². The van der Waals surface area contributed by atoms with Gasteiger partial charge in [0.05, 0.1) is 12.7 Å². The molecule has 0 heterocycles. The summed E-state index contributed by atoms with van der Waals surface area (Å²) in [5.41, 5.74) is 0.130. The molecule has 1 rings (SSSR count). The molecule has 0 aliphatic rings. The van der Waals surface area contributed by atoms with Crippen molar-refractivity contribution in [3.63, 3.8) is 0 Å². The third kappa shape index (κ3) is 6.46. The highest BCUT2D eigenvalue weighted by atomic mass is 19.1. The van der Waals surface area contributed by atoms with E-state index in [4.69, 9.17) is 4.74 Å². The first-order chi connectivity index (χ1) is 10.8. The minimum absolute atomic E-state index is 0.130. The molecule has 0 aliphatic heterocycles. The summed E-state index contributed by atoms with van der Waals surface area (Å²) in [4.78, 5) is 35.1.